The highest BCUT2D eigenvalue weighted by Gasteiger charge is 2.39. The molecule has 1 aromatic rings. The number of carbonyl (C=O) groups is 1. The molecule has 3 N–H and O–H groups in total. The van der Waals surface area contributed by atoms with Gasteiger partial charge in [-0.05, 0) is 51.0 Å². The highest BCUT2D eigenvalue weighted by atomic mass is 16.3. The summed E-state index contributed by atoms with van der Waals surface area (Å²) in [6.07, 6.45) is -0.942. The summed E-state index contributed by atoms with van der Waals surface area (Å²) in [6, 6.07) is 3.95. The Bertz CT molecular complexity index is 540. The van der Waals surface area contributed by atoms with E-state index < -0.39 is 11.6 Å². The van der Waals surface area contributed by atoms with Crippen LogP contribution in [0.25, 0.3) is 0 Å². The normalized spacial score (nSPS) is 18.5. The molecule has 1 atom stereocenters. The number of aliphatic hydroxyl groups excluding tert-OH is 2. The van der Waals surface area contributed by atoms with Crippen LogP contribution in [0.2, 0.25) is 0 Å². The van der Waals surface area contributed by atoms with E-state index in [-0.39, 0.29) is 19.1 Å². The Hall–Kier alpha value is -1.59. The Labute approximate surface area is 119 Å². The topological polar surface area (TPSA) is 72.8 Å². The molecule has 0 fully saturated rings. The van der Waals surface area contributed by atoms with Crippen molar-refractivity contribution in [1.82, 2.24) is 0 Å². The summed E-state index contributed by atoms with van der Waals surface area (Å²) in [5, 5.41) is 21.9. The van der Waals surface area contributed by atoms with Gasteiger partial charge in [-0.15, -0.1) is 0 Å². The van der Waals surface area contributed by atoms with E-state index in [0.717, 1.165) is 22.5 Å². The average Bonchev–Trinajstić information content (AvgIpc) is 2.37. The van der Waals surface area contributed by atoms with Crippen LogP contribution < -0.4 is 10.2 Å². The van der Waals surface area contributed by atoms with Crippen molar-refractivity contribution in [3.05, 3.63) is 23.3 Å². The van der Waals surface area contributed by atoms with E-state index in [4.69, 9.17) is 5.11 Å². The molecule has 0 saturated carbocycles. The molecule has 0 spiro atoms. The number of nitrogens with zero attached hydrogens (tertiary/aromatic N) is 1. The van der Waals surface area contributed by atoms with Gasteiger partial charge in [-0.2, -0.15) is 0 Å². The fourth-order valence-electron chi connectivity index (χ4n) is 2.41. The van der Waals surface area contributed by atoms with E-state index in [2.05, 4.69) is 5.32 Å². The van der Waals surface area contributed by atoms with Crippen molar-refractivity contribution in [3.8, 4) is 0 Å². The lowest BCUT2D eigenvalue weighted by atomic mass is 9.95. The number of hydrogen-bond donors (Lipinski definition) is 3. The second-order valence-electron chi connectivity index (χ2n) is 5.96. The second kappa shape index (κ2) is 5.07. The lowest BCUT2D eigenvalue weighted by molar-refractivity contribution is -0.122. The number of amides is 1. The van der Waals surface area contributed by atoms with Crippen LogP contribution in [0.4, 0.5) is 11.4 Å². The Morgan fingerprint density at radius 3 is 2.50 bits per heavy atom. The molecule has 1 aliphatic heterocycles. The van der Waals surface area contributed by atoms with Crippen LogP contribution in [0.5, 0.6) is 0 Å². The van der Waals surface area contributed by atoms with Crippen LogP contribution in [0.3, 0.4) is 0 Å². The van der Waals surface area contributed by atoms with Crippen LogP contribution in [0, 0.1) is 13.8 Å². The van der Waals surface area contributed by atoms with Gasteiger partial charge in [0.05, 0.1) is 30.6 Å². The van der Waals surface area contributed by atoms with Crippen molar-refractivity contribution < 1.29 is 15.0 Å². The fourth-order valence-corrected chi connectivity index (χ4v) is 2.41. The van der Waals surface area contributed by atoms with Crippen LogP contribution in [-0.2, 0) is 4.79 Å². The number of nitrogens with one attached hydrogen (secondary N) is 1. The molecule has 0 radical (unpaired) electrons. The zero-order chi connectivity index (χ0) is 15.1. The first-order chi connectivity index (χ1) is 9.26. The highest BCUT2D eigenvalue weighted by Crippen LogP contribution is 2.37. The Kier molecular flexibility index (Phi) is 3.75. The SMILES string of the molecule is Cc1cc2c(cc1C)N(CC(O)CO)C(=O)C(C)(C)N2. The van der Waals surface area contributed by atoms with Crippen molar-refractivity contribution >= 4 is 17.3 Å². The predicted octanol–water partition coefficient (Wildman–Crippen LogP) is 1.19. The lowest BCUT2D eigenvalue weighted by Crippen LogP contribution is -2.55. The predicted molar refractivity (Wildman–Crippen MR) is 79.1 cm³/mol. The second-order valence-corrected chi connectivity index (χ2v) is 5.96. The lowest BCUT2D eigenvalue weighted by Gasteiger charge is -2.41. The summed E-state index contributed by atoms with van der Waals surface area (Å²) in [6.45, 7) is 7.36. The molecular formula is C15H22N2O3. The maximum absolute atomic E-state index is 12.5. The first-order valence-electron chi connectivity index (χ1n) is 6.76. The molecule has 5 nitrogen and oxygen atoms in total. The van der Waals surface area contributed by atoms with E-state index in [1.165, 1.54) is 0 Å². The third-order valence-electron chi connectivity index (χ3n) is 3.73. The molecule has 0 bridgehead atoms. The van der Waals surface area contributed by atoms with Gasteiger partial charge in [0.25, 0.3) is 5.91 Å². The number of benzene rings is 1. The van der Waals surface area contributed by atoms with Crippen molar-refractivity contribution in [2.45, 2.75) is 39.3 Å². The molecule has 0 aromatic heterocycles. The molecule has 1 aliphatic rings. The number of β-amino-alcohol motifs (C(OH)–C–C–N with tert-alkyl or cyclic N) is 1. The smallest absolute Gasteiger partial charge is 0.252 e. The van der Waals surface area contributed by atoms with Crippen molar-refractivity contribution in [1.29, 1.82) is 0 Å². The molecular weight excluding hydrogens is 256 g/mol. The summed E-state index contributed by atoms with van der Waals surface area (Å²) < 4.78 is 0. The van der Waals surface area contributed by atoms with Crippen LogP contribution >= 0.6 is 0 Å². The Balaban J connectivity index is 2.50. The summed E-state index contributed by atoms with van der Waals surface area (Å²) in [4.78, 5) is 14.1. The maximum Gasteiger partial charge on any atom is 0.252 e. The first-order valence-corrected chi connectivity index (χ1v) is 6.76. The zero-order valence-electron chi connectivity index (χ0n) is 12.4. The quantitative estimate of drug-likeness (QED) is 0.776. The van der Waals surface area contributed by atoms with Crippen molar-refractivity contribution in [3.63, 3.8) is 0 Å². The number of carbonyl (C=O) groups excluding carboxylic acids is 1. The highest BCUT2D eigenvalue weighted by molar-refractivity contribution is 6.07. The summed E-state index contributed by atoms with van der Waals surface area (Å²) in [7, 11) is 0. The zero-order valence-corrected chi connectivity index (χ0v) is 12.4. The van der Waals surface area contributed by atoms with Gasteiger partial charge < -0.3 is 20.4 Å². The van der Waals surface area contributed by atoms with E-state index in [9.17, 15) is 9.90 Å². The number of anilines is 2. The molecule has 1 heterocycles. The molecule has 1 aromatic carbocycles. The minimum Gasteiger partial charge on any atom is -0.394 e. The number of aliphatic hydroxyl groups is 2. The largest absolute Gasteiger partial charge is 0.394 e. The van der Waals surface area contributed by atoms with Gasteiger partial charge in [0, 0.05) is 0 Å². The van der Waals surface area contributed by atoms with E-state index in [1.807, 2.05) is 39.8 Å². The van der Waals surface area contributed by atoms with E-state index in [1.54, 1.807) is 4.90 Å². The number of aryl methyl sites for hydroxylation is 2. The van der Waals surface area contributed by atoms with Gasteiger partial charge in [0.15, 0.2) is 0 Å². The molecule has 20 heavy (non-hydrogen) atoms. The fraction of sp³-hybridized carbons (Fsp3) is 0.533. The van der Waals surface area contributed by atoms with Gasteiger partial charge >= 0.3 is 0 Å². The van der Waals surface area contributed by atoms with Crippen LogP contribution in [0.1, 0.15) is 25.0 Å². The van der Waals surface area contributed by atoms with Gasteiger partial charge in [0.1, 0.15) is 5.54 Å². The molecule has 0 aliphatic carbocycles. The Morgan fingerprint density at radius 2 is 1.90 bits per heavy atom. The standard InChI is InChI=1S/C15H22N2O3/c1-9-5-12-13(6-10(9)2)17(7-11(19)8-18)14(20)15(3,4)16-12/h5-6,11,16,18-19H,7-8H2,1-4H3. The molecule has 110 valence electrons. The van der Waals surface area contributed by atoms with Gasteiger partial charge in [-0.1, -0.05) is 0 Å². The van der Waals surface area contributed by atoms with Gasteiger partial charge in [-0.3, -0.25) is 4.79 Å². The number of hydrogen-bond acceptors (Lipinski definition) is 4. The third-order valence-corrected chi connectivity index (χ3v) is 3.73. The molecule has 1 unspecified atom stereocenters. The monoisotopic (exact) mass is 278 g/mol. The maximum atomic E-state index is 12.5. The summed E-state index contributed by atoms with van der Waals surface area (Å²) in [5.74, 6) is -0.110. The number of rotatable bonds is 3. The van der Waals surface area contributed by atoms with E-state index in [0.29, 0.717) is 0 Å². The minimum atomic E-state index is -0.942. The molecule has 0 saturated heterocycles. The summed E-state index contributed by atoms with van der Waals surface area (Å²) >= 11 is 0. The molecule has 5 heteroatoms. The average molecular weight is 278 g/mol. The van der Waals surface area contributed by atoms with Crippen LogP contribution in [0.15, 0.2) is 12.1 Å². The Morgan fingerprint density at radius 1 is 1.30 bits per heavy atom. The van der Waals surface area contributed by atoms with Crippen molar-refractivity contribution in [2.24, 2.45) is 0 Å². The van der Waals surface area contributed by atoms with Gasteiger partial charge in [-0.25, -0.2) is 0 Å². The summed E-state index contributed by atoms with van der Waals surface area (Å²) in [5.41, 5.74) is 3.13. The molecule has 1 amide bonds. The van der Waals surface area contributed by atoms with Crippen molar-refractivity contribution in [2.75, 3.05) is 23.4 Å². The number of fused-ring (bicyclic) bond motifs is 1. The minimum absolute atomic E-state index is 0.0932. The van der Waals surface area contributed by atoms with E-state index >= 15 is 0 Å². The third kappa shape index (κ3) is 2.51. The first kappa shape index (κ1) is 14.8. The molecule has 2 rings (SSSR count). The van der Waals surface area contributed by atoms with Crippen LogP contribution in [-0.4, -0.2) is 40.9 Å². The van der Waals surface area contributed by atoms with Gasteiger partial charge in [0.2, 0.25) is 0 Å².